The van der Waals surface area contributed by atoms with Crippen LogP contribution in [0.25, 0.3) is 0 Å². The highest BCUT2D eigenvalue weighted by Crippen LogP contribution is 2.18. The molecule has 0 unspecified atom stereocenters. The number of carboxylic acids is 1. The number of hydrogen-bond acceptors (Lipinski definition) is 5. The molecule has 8 nitrogen and oxygen atoms in total. The van der Waals surface area contributed by atoms with Gasteiger partial charge in [0.05, 0.1) is 16.2 Å². The van der Waals surface area contributed by atoms with Crippen LogP contribution in [0.1, 0.15) is 22.3 Å². The fourth-order valence-corrected chi connectivity index (χ4v) is 3.58. The molecule has 21 heavy (non-hydrogen) atoms. The van der Waals surface area contributed by atoms with E-state index in [-0.39, 0.29) is 34.7 Å². The summed E-state index contributed by atoms with van der Waals surface area (Å²) in [5.74, 6) is -1.57. The fourth-order valence-electron chi connectivity index (χ4n) is 1.69. The van der Waals surface area contributed by atoms with Crippen molar-refractivity contribution in [1.82, 2.24) is 4.72 Å². The van der Waals surface area contributed by atoms with Gasteiger partial charge in [0, 0.05) is 6.54 Å². The lowest BCUT2D eigenvalue weighted by atomic mass is 10.1. The number of carbonyl (C=O) groups is 1. The minimum absolute atomic E-state index is 0.0235. The smallest absolute Gasteiger partial charge is 0.335 e. The van der Waals surface area contributed by atoms with Crippen LogP contribution in [0.15, 0.2) is 23.1 Å². The number of benzene rings is 1. The molecule has 4 N–H and O–H groups in total. The van der Waals surface area contributed by atoms with Gasteiger partial charge < -0.3 is 5.11 Å². The van der Waals surface area contributed by atoms with E-state index >= 15 is 0 Å². The van der Waals surface area contributed by atoms with Gasteiger partial charge in [-0.05, 0) is 31.0 Å². The number of carboxylic acid groups (broad SMARTS) is 1. The predicted octanol–water partition coefficient (Wildman–Crippen LogP) is -0.350. The molecule has 1 rings (SSSR count). The molecule has 0 saturated carbocycles. The summed E-state index contributed by atoms with van der Waals surface area (Å²) in [5, 5.41) is 13.8. The standard InChI is InChI=1S/C11H16N2O6S2/c1-8-9(11(14)15)4-2-5-10(8)21(18,19)13-6-3-7-20(12,16)17/h2,4-5,13H,3,6-7H2,1H3,(H,14,15)(H2,12,16,17). The molecule has 0 bridgehead atoms. The first-order chi connectivity index (χ1) is 9.54. The van der Waals surface area contributed by atoms with Gasteiger partial charge in [-0.15, -0.1) is 0 Å². The maximum atomic E-state index is 12.1. The highest BCUT2D eigenvalue weighted by Gasteiger charge is 2.20. The van der Waals surface area contributed by atoms with Crippen molar-refractivity contribution in [3.63, 3.8) is 0 Å². The van der Waals surface area contributed by atoms with E-state index in [1.54, 1.807) is 0 Å². The minimum atomic E-state index is -3.91. The third-order valence-corrected chi connectivity index (χ3v) is 5.16. The molecule has 0 aliphatic rings. The van der Waals surface area contributed by atoms with Crippen molar-refractivity contribution in [1.29, 1.82) is 0 Å². The molecule has 0 radical (unpaired) electrons. The molecular formula is C11H16N2O6S2. The van der Waals surface area contributed by atoms with E-state index in [4.69, 9.17) is 10.2 Å². The molecule has 118 valence electrons. The van der Waals surface area contributed by atoms with Crippen LogP contribution in [0.2, 0.25) is 0 Å². The SMILES string of the molecule is Cc1c(C(=O)O)cccc1S(=O)(=O)NCCCS(N)(=O)=O. The number of nitrogens with one attached hydrogen (secondary N) is 1. The third kappa shape index (κ3) is 5.08. The van der Waals surface area contributed by atoms with Crippen LogP contribution in [0.4, 0.5) is 0 Å². The lowest BCUT2D eigenvalue weighted by Gasteiger charge is -2.10. The zero-order valence-corrected chi connectivity index (χ0v) is 12.9. The number of nitrogens with two attached hydrogens (primary N) is 1. The number of primary sulfonamides is 1. The first-order valence-electron chi connectivity index (χ1n) is 5.87. The second-order valence-corrected chi connectivity index (χ2v) is 7.82. The quantitative estimate of drug-likeness (QED) is 0.581. The van der Waals surface area contributed by atoms with E-state index in [0.29, 0.717) is 0 Å². The molecular weight excluding hydrogens is 320 g/mol. The lowest BCUT2D eigenvalue weighted by molar-refractivity contribution is 0.0695. The number of aromatic carboxylic acids is 1. The Balaban J connectivity index is 2.89. The van der Waals surface area contributed by atoms with Crippen molar-refractivity contribution in [2.24, 2.45) is 5.14 Å². The summed E-state index contributed by atoms with van der Waals surface area (Å²) in [7, 11) is -7.56. The van der Waals surface area contributed by atoms with Crippen molar-refractivity contribution in [3.8, 4) is 0 Å². The summed E-state index contributed by atoms with van der Waals surface area (Å²) in [6, 6.07) is 3.91. The van der Waals surface area contributed by atoms with E-state index in [1.165, 1.54) is 25.1 Å². The Bertz CT molecular complexity index is 740. The average molecular weight is 336 g/mol. The largest absolute Gasteiger partial charge is 0.478 e. The van der Waals surface area contributed by atoms with Crippen LogP contribution in [0, 0.1) is 6.92 Å². The Kier molecular flexibility index (Phi) is 5.45. The van der Waals surface area contributed by atoms with Gasteiger partial charge in [0.25, 0.3) is 0 Å². The Labute approximate surface area is 123 Å². The summed E-state index contributed by atoms with van der Waals surface area (Å²) < 4.78 is 47.8. The zero-order chi connectivity index (χ0) is 16.3. The predicted molar refractivity (Wildman–Crippen MR) is 75.9 cm³/mol. The molecule has 0 saturated heterocycles. The monoisotopic (exact) mass is 336 g/mol. The van der Waals surface area contributed by atoms with Crippen LogP contribution in [0.3, 0.4) is 0 Å². The topological polar surface area (TPSA) is 144 Å². The molecule has 0 atom stereocenters. The van der Waals surface area contributed by atoms with Gasteiger partial charge in [-0.3, -0.25) is 0 Å². The van der Waals surface area contributed by atoms with E-state index in [2.05, 4.69) is 4.72 Å². The van der Waals surface area contributed by atoms with E-state index in [0.717, 1.165) is 0 Å². The van der Waals surface area contributed by atoms with Gasteiger partial charge in [0.1, 0.15) is 0 Å². The van der Waals surface area contributed by atoms with Gasteiger partial charge >= 0.3 is 5.97 Å². The highest BCUT2D eigenvalue weighted by atomic mass is 32.2. The van der Waals surface area contributed by atoms with Gasteiger partial charge in [-0.2, -0.15) is 0 Å². The van der Waals surface area contributed by atoms with Gasteiger partial charge in [-0.25, -0.2) is 31.5 Å². The normalized spacial score (nSPS) is 12.3. The van der Waals surface area contributed by atoms with Crippen LogP contribution in [0.5, 0.6) is 0 Å². The lowest BCUT2D eigenvalue weighted by Crippen LogP contribution is -2.28. The van der Waals surface area contributed by atoms with Crippen molar-refractivity contribution >= 4 is 26.0 Å². The number of sulfonamides is 2. The van der Waals surface area contributed by atoms with Crippen molar-refractivity contribution in [2.75, 3.05) is 12.3 Å². The third-order valence-electron chi connectivity index (χ3n) is 2.70. The summed E-state index contributed by atoms with van der Waals surface area (Å²) in [6.07, 6.45) is 0.0235. The maximum Gasteiger partial charge on any atom is 0.335 e. The molecule has 1 aromatic rings. The van der Waals surface area contributed by atoms with Crippen molar-refractivity contribution < 1.29 is 26.7 Å². The van der Waals surface area contributed by atoms with Crippen molar-refractivity contribution in [2.45, 2.75) is 18.2 Å². The first kappa shape index (κ1) is 17.6. The Hall–Kier alpha value is -1.49. The first-order valence-corrected chi connectivity index (χ1v) is 9.07. The molecule has 1 aromatic carbocycles. The molecule has 0 spiro atoms. The van der Waals surface area contributed by atoms with Crippen LogP contribution in [-0.4, -0.2) is 40.2 Å². The summed E-state index contributed by atoms with van der Waals surface area (Å²) in [4.78, 5) is 10.8. The van der Waals surface area contributed by atoms with Gasteiger partial charge in [0.2, 0.25) is 20.0 Å². The van der Waals surface area contributed by atoms with Gasteiger partial charge in [0.15, 0.2) is 0 Å². The molecule has 0 amide bonds. The minimum Gasteiger partial charge on any atom is -0.478 e. The molecule has 0 heterocycles. The van der Waals surface area contributed by atoms with Crippen LogP contribution < -0.4 is 9.86 Å². The van der Waals surface area contributed by atoms with E-state index in [1.807, 2.05) is 0 Å². The second-order valence-electron chi connectivity index (χ2n) is 4.35. The van der Waals surface area contributed by atoms with E-state index < -0.39 is 26.0 Å². The summed E-state index contributed by atoms with van der Waals surface area (Å²) in [6.45, 7) is 1.28. The molecule has 0 fully saturated rings. The molecule has 0 aromatic heterocycles. The average Bonchev–Trinajstić information content (AvgIpc) is 2.33. The Morgan fingerprint density at radius 1 is 1.29 bits per heavy atom. The summed E-state index contributed by atoms with van der Waals surface area (Å²) >= 11 is 0. The molecule has 10 heteroatoms. The van der Waals surface area contributed by atoms with Crippen LogP contribution in [-0.2, 0) is 20.0 Å². The maximum absolute atomic E-state index is 12.1. The molecule has 0 aliphatic carbocycles. The number of hydrogen-bond donors (Lipinski definition) is 3. The number of rotatable bonds is 7. The zero-order valence-electron chi connectivity index (χ0n) is 11.2. The Morgan fingerprint density at radius 2 is 1.90 bits per heavy atom. The highest BCUT2D eigenvalue weighted by molar-refractivity contribution is 7.89. The van der Waals surface area contributed by atoms with Crippen molar-refractivity contribution in [3.05, 3.63) is 29.3 Å². The van der Waals surface area contributed by atoms with Crippen LogP contribution >= 0.6 is 0 Å². The Morgan fingerprint density at radius 3 is 2.43 bits per heavy atom. The molecule has 0 aliphatic heterocycles. The fraction of sp³-hybridized carbons (Fsp3) is 0.364. The van der Waals surface area contributed by atoms with E-state index in [9.17, 15) is 21.6 Å². The second kappa shape index (κ2) is 6.52. The summed E-state index contributed by atoms with van der Waals surface area (Å²) in [5.41, 5.74) is 0.00589. The van der Waals surface area contributed by atoms with Gasteiger partial charge in [-0.1, -0.05) is 6.07 Å².